The molecule has 0 fully saturated rings. The Morgan fingerprint density at radius 1 is 1.04 bits per heavy atom. The molecule has 3 aromatic rings. The molecule has 0 N–H and O–H groups in total. The molecular formula is C18H18FN3O2. The molecule has 0 aliphatic heterocycles. The van der Waals surface area contributed by atoms with Crippen LogP contribution in [0.4, 0.5) is 4.39 Å². The second-order valence-electron chi connectivity index (χ2n) is 5.38. The summed E-state index contributed by atoms with van der Waals surface area (Å²) in [7, 11) is 1.91. The second kappa shape index (κ2) is 7.70. The van der Waals surface area contributed by atoms with Crippen LogP contribution in [0.5, 0.6) is 5.75 Å². The van der Waals surface area contributed by atoms with Gasteiger partial charge in [-0.05, 0) is 31.3 Å². The van der Waals surface area contributed by atoms with Gasteiger partial charge in [0.05, 0.1) is 6.54 Å². The lowest BCUT2D eigenvalue weighted by Crippen LogP contribution is -2.24. The highest BCUT2D eigenvalue weighted by molar-refractivity contribution is 5.51. The Hall–Kier alpha value is -2.73. The summed E-state index contributed by atoms with van der Waals surface area (Å²) < 4.78 is 24.5. The van der Waals surface area contributed by atoms with Crippen LogP contribution in [0.15, 0.2) is 59.0 Å². The third kappa shape index (κ3) is 4.17. The summed E-state index contributed by atoms with van der Waals surface area (Å²) in [6, 6.07) is 16.0. The summed E-state index contributed by atoms with van der Waals surface area (Å²) in [6.07, 6.45) is 0. The number of benzene rings is 2. The van der Waals surface area contributed by atoms with E-state index in [1.165, 1.54) is 6.07 Å². The molecule has 0 aliphatic rings. The van der Waals surface area contributed by atoms with Gasteiger partial charge >= 0.3 is 0 Å². The summed E-state index contributed by atoms with van der Waals surface area (Å²) in [5.41, 5.74) is 0.891. The van der Waals surface area contributed by atoms with E-state index in [0.29, 0.717) is 31.5 Å². The molecule has 24 heavy (non-hydrogen) atoms. The lowest BCUT2D eigenvalue weighted by Gasteiger charge is -2.14. The van der Waals surface area contributed by atoms with E-state index >= 15 is 0 Å². The number of para-hydroxylation sites is 1. The van der Waals surface area contributed by atoms with E-state index < -0.39 is 0 Å². The Kier molecular flexibility index (Phi) is 5.18. The minimum Gasteiger partial charge on any atom is -0.489 e. The van der Waals surface area contributed by atoms with E-state index in [1.54, 1.807) is 18.2 Å². The normalized spacial score (nSPS) is 11.0. The van der Waals surface area contributed by atoms with Crippen molar-refractivity contribution in [2.75, 3.05) is 20.2 Å². The lowest BCUT2D eigenvalue weighted by molar-refractivity contribution is 0.215. The fourth-order valence-corrected chi connectivity index (χ4v) is 2.20. The van der Waals surface area contributed by atoms with Crippen LogP contribution in [0.2, 0.25) is 0 Å². The number of hydrogen-bond acceptors (Lipinski definition) is 5. The SMILES string of the molecule is CN(CCOc1ccccc1F)Cc1nnc(-c2ccccc2)o1. The van der Waals surface area contributed by atoms with Crippen molar-refractivity contribution in [1.82, 2.24) is 15.1 Å². The number of halogens is 1. The van der Waals surface area contributed by atoms with Crippen LogP contribution >= 0.6 is 0 Å². The zero-order chi connectivity index (χ0) is 16.8. The monoisotopic (exact) mass is 327 g/mol. The molecule has 0 bridgehead atoms. The predicted octanol–water partition coefficient (Wildman–Crippen LogP) is 3.39. The molecular weight excluding hydrogens is 309 g/mol. The summed E-state index contributed by atoms with van der Waals surface area (Å²) in [5.74, 6) is 0.934. The molecule has 1 aromatic heterocycles. The van der Waals surface area contributed by atoms with Crippen LogP contribution < -0.4 is 4.74 Å². The summed E-state index contributed by atoms with van der Waals surface area (Å²) in [5, 5.41) is 8.11. The van der Waals surface area contributed by atoms with Crippen molar-refractivity contribution in [3.63, 3.8) is 0 Å². The van der Waals surface area contributed by atoms with Gasteiger partial charge in [-0.3, -0.25) is 4.90 Å². The van der Waals surface area contributed by atoms with E-state index in [4.69, 9.17) is 9.15 Å². The molecule has 0 radical (unpaired) electrons. The highest BCUT2D eigenvalue weighted by Crippen LogP contribution is 2.18. The molecule has 0 saturated carbocycles. The van der Waals surface area contributed by atoms with Gasteiger partial charge in [-0.2, -0.15) is 0 Å². The van der Waals surface area contributed by atoms with E-state index in [1.807, 2.05) is 42.3 Å². The third-order valence-electron chi connectivity index (χ3n) is 3.46. The lowest BCUT2D eigenvalue weighted by atomic mass is 10.2. The molecule has 124 valence electrons. The van der Waals surface area contributed by atoms with E-state index in [9.17, 15) is 4.39 Å². The Morgan fingerprint density at radius 2 is 1.79 bits per heavy atom. The first-order valence-corrected chi connectivity index (χ1v) is 7.66. The number of ether oxygens (including phenoxy) is 1. The molecule has 2 aromatic carbocycles. The first-order valence-electron chi connectivity index (χ1n) is 7.66. The van der Waals surface area contributed by atoms with Gasteiger partial charge in [0.2, 0.25) is 11.8 Å². The number of rotatable bonds is 7. The average Bonchev–Trinajstić information content (AvgIpc) is 3.06. The molecule has 6 heteroatoms. The molecule has 1 heterocycles. The number of nitrogens with zero attached hydrogens (tertiary/aromatic N) is 3. The molecule has 0 aliphatic carbocycles. The number of aromatic nitrogens is 2. The van der Waals surface area contributed by atoms with Gasteiger partial charge < -0.3 is 9.15 Å². The van der Waals surface area contributed by atoms with Crippen LogP contribution in [0.25, 0.3) is 11.5 Å². The first-order chi connectivity index (χ1) is 11.7. The van der Waals surface area contributed by atoms with E-state index in [-0.39, 0.29) is 11.6 Å². The largest absolute Gasteiger partial charge is 0.489 e. The van der Waals surface area contributed by atoms with Crippen molar-refractivity contribution in [2.45, 2.75) is 6.54 Å². The maximum atomic E-state index is 13.5. The van der Waals surface area contributed by atoms with E-state index in [2.05, 4.69) is 10.2 Å². The topological polar surface area (TPSA) is 51.4 Å². The minimum absolute atomic E-state index is 0.259. The van der Waals surface area contributed by atoms with Gasteiger partial charge in [0, 0.05) is 12.1 Å². The molecule has 0 amide bonds. The van der Waals surface area contributed by atoms with Crippen molar-refractivity contribution in [2.24, 2.45) is 0 Å². The van der Waals surface area contributed by atoms with Gasteiger partial charge in [0.1, 0.15) is 6.61 Å². The van der Waals surface area contributed by atoms with E-state index in [0.717, 1.165) is 5.56 Å². The first kappa shape index (κ1) is 16.1. The van der Waals surface area contributed by atoms with Crippen LogP contribution in [-0.2, 0) is 6.54 Å². The van der Waals surface area contributed by atoms with Gasteiger partial charge in [-0.15, -0.1) is 10.2 Å². The smallest absolute Gasteiger partial charge is 0.247 e. The molecule has 5 nitrogen and oxygen atoms in total. The molecule has 3 rings (SSSR count). The number of hydrogen-bond donors (Lipinski definition) is 0. The van der Waals surface area contributed by atoms with Crippen molar-refractivity contribution in [1.29, 1.82) is 0 Å². The molecule has 0 unspecified atom stereocenters. The van der Waals surface area contributed by atoms with Crippen LogP contribution in [0.1, 0.15) is 5.89 Å². The zero-order valence-electron chi connectivity index (χ0n) is 13.4. The van der Waals surface area contributed by atoms with Crippen molar-refractivity contribution in [3.05, 3.63) is 66.3 Å². The summed E-state index contributed by atoms with van der Waals surface area (Å²) in [4.78, 5) is 1.98. The van der Waals surface area contributed by atoms with Gasteiger partial charge in [0.25, 0.3) is 0 Å². The summed E-state index contributed by atoms with van der Waals surface area (Å²) >= 11 is 0. The standard InChI is InChI=1S/C18H18FN3O2/c1-22(11-12-23-16-10-6-5-9-15(16)19)13-17-20-21-18(24-17)14-7-3-2-4-8-14/h2-10H,11-13H2,1H3. The third-order valence-corrected chi connectivity index (χ3v) is 3.46. The highest BCUT2D eigenvalue weighted by atomic mass is 19.1. The van der Waals surface area contributed by atoms with Gasteiger partial charge in [-0.1, -0.05) is 30.3 Å². The fraction of sp³-hybridized carbons (Fsp3) is 0.222. The Morgan fingerprint density at radius 3 is 2.58 bits per heavy atom. The minimum atomic E-state index is -0.357. The van der Waals surface area contributed by atoms with Gasteiger partial charge in [-0.25, -0.2) is 4.39 Å². The Labute approximate surface area is 139 Å². The van der Waals surface area contributed by atoms with Crippen molar-refractivity contribution >= 4 is 0 Å². The molecule has 0 atom stereocenters. The van der Waals surface area contributed by atoms with Crippen LogP contribution in [-0.4, -0.2) is 35.3 Å². The highest BCUT2D eigenvalue weighted by Gasteiger charge is 2.10. The fourth-order valence-electron chi connectivity index (χ4n) is 2.20. The van der Waals surface area contributed by atoms with Crippen molar-refractivity contribution < 1.29 is 13.5 Å². The summed E-state index contributed by atoms with van der Waals surface area (Å²) in [6.45, 7) is 1.48. The van der Waals surface area contributed by atoms with Gasteiger partial charge in [0.15, 0.2) is 11.6 Å². The van der Waals surface area contributed by atoms with Crippen LogP contribution in [0.3, 0.4) is 0 Å². The number of likely N-dealkylation sites (N-methyl/N-ethyl adjacent to an activating group) is 1. The second-order valence-corrected chi connectivity index (χ2v) is 5.38. The molecule has 0 spiro atoms. The quantitative estimate of drug-likeness (QED) is 0.666. The average molecular weight is 327 g/mol. The van der Waals surface area contributed by atoms with Crippen molar-refractivity contribution in [3.8, 4) is 17.2 Å². The van der Waals surface area contributed by atoms with Crippen LogP contribution in [0, 0.1) is 5.82 Å². The molecule has 0 saturated heterocycles. The predicted molar refractivity (Wildman–Crippen MR) is 88.0 cm³/mol. The zero-order valence-corrected chi connectivity index (χ0v) is 13.4. The maximum Gasteiger partial charge on any atom is 0.247 e. The Balaban J connectivity index is 1.50. The Bertz CT molecular complexity index is 777. The maximum absolute atomic E-state index is 13.5.